The molecule has 0 spiro atoms. The maximum absolute atomic E-state index is 9.64. The summed E-state index contributed by atoms with van der Waals surface area (Å²) < 4.78 is 0. The second-order valence-corrected chi connectivity index (χ2v) is 4.88. The van der Waals surface area contributed by atoms with Crippen molar-refractivity contribution < 1.29 is 5.11 Å². The molecule has 0 heterocycles. The van der Waals surface area contributed by atoms with Gasteiger partial charge in [0, 0.05) is 18.1 Å². The van der Waals surface area contributed by atoms with Crippen molar-refractivity contribution in [3.05, 3.63) is 0 Å². The van der Waals surface area contributed by atoms with Gasteiger partial charge in [-0.15, -0.1) is 0 Å². The number of hydrogen-bond acceptors (Lipinski definition) is 3. The number of rotatable bonds is 4. The van der Waals surface area contributed by atoms with Crippen molar-refractivity contribution in [1.82, 2.24) is 4.90 Å². The van der Waals surface area contributed by atoms with Crippen molar-refractivity contribution in [3.8, 4) is 0 Å². The van der Waals surface area contributed by atoms with Crippen LogP contribution in [-0.2, 0) is 0 Å². The predicted octanol–water partition coefficient (Wildman–Crippen LogP) is 1.35. The van der Waals surface area contributed by atoms with E-state index >= 15 is 0 Å². The zero-order valence-corrected chi connectivity index (χ0v) is 10.3. The Labute approximate surface area is 93.6 Å². The Morgan fingerprint density at radius 1 is 1.27 bits per heavy atom. The fraction of sp³-hybridized carbons (Fsp3) is 1.00. The van der Waals surface area contributed by atoms with E-state index in [1.54, 1.807) is 0 Å². The molecule has 0 radical (unpaired) electrons. The van der Waals surface area contributed by atoms with Gasteiger partial charge in [-0.25, -0.2) is 0 Å². The molecule has 0 aromatic carbocycles. The summed E-state index contributed by atoms with van der Waals surface area (Å²) in [6.07, 6.45) is 4.39. The molecule has 0 amide bonds. The van der Waals surface area contributed by atoms with E-state index in [0.717, 1.165) is 19.4 Å². The Morgan fingerprint density at radius 3 is 2.20 bits per heavy atom. The molecule has 1 saturated carbocycles. The molecule has 2 unspecified atom stereocenters. The smallest absolute Gasteiger partial charge is 0.0664 e. The van der Waals surface area contributed by atoms with Crippen LogP contribution in [0.15, 0.2) is 0 Å². The van der Waals surface area contributed by atoms with Crippen molar-refractivity contribution in [2.24, 2.45) is 5.73 Å². The first kappa shape index (κ1) is 12.9. The van der Waals surface area contributed by atoms with Crippen LogP contribution in [0, 0.1) is 0 Å². The summed E-state index contributed by atoms with van der Waals surface area (Å²) in [6, 6.07) is 1.29. The highest BCUT2D eigenvalue weighted by Crippen LogP contribution is 2.24. The highest BCUT2D eigenvalue weighted by atomic mass is 16.3. The largest absolute Gasteiger partial charge is 0.392 e. The number of nitrogens with zero attached hydrogens (tertiary/aromatic N) is 1. The normalized spacial score (nSPS) is 31.6. The van der Waals surface area contributed by atoms with E-state index in [4.69, 9.17) is 5.73 Å². The monoisotopic (exact) mass is 214 g/mol. The molecule has 3 N–H and O–H groups in total. The molecule has 0 saturated heterocycles. The summed E-state index contributed by atoms with van der Waals surface area (Å²) >= 11 is 0. The van der Waals surface area contributed by atoms with Crippen LogP contribution < -0.4 is 5.73 Å². The zero-order valence-electron chi connectivity index (χ0n) is 10.3. The van der Waals surface area contributed by atoms with E-state index in [1.165, 1.54) is 12.8 Å². The van der Waals surface area contributed by atoms with Gasteiger partial charge in [0.05, 0.1) is 6.10 Å². The molecule has 0 bridgehead atoms. The quantitative estimate of drug-likeness (QED) is 0.742. The molecule has 3 heteroatoms. The van der Waals surface area contributed by atoms with Crippen LogP contribution in [0.2, 0.25) is 0 Å². The lowest BCUT2D eigenvalue weighted by Gasteiger charge is -2.40. The molecular weight excluding hydrogens is 188 g/mol. The van der Waals surface area contributed by atoms with Gasteiger partial charge in [0.2, 0.25) is 0 Å². The molecule has 0 aromatic heterocycles. The summed E-state index contributed by atoms with van der Waals surface area (Å²) in [5, 5.41) is 9.64. The van der Waals surface area contributed by atoms with E-state index in [0.29, 0.717) is 12.1 Å². The molecule has 0 aliphatic heterocycles. The predicted molar refractivity (Wildman–Crippen MR) is 63.8 cm³/mol. The van der Waals surface area contributed by atoms with E-state index in [-0.39, 0.29) is 12.1 Å². The second kappa shape index (κ2) is 5.83. The van der Waals surface area contributed by atoms with Gasteiger partial charge in [0.25, 0.3) is 0 Å². The molecule has 1 aliphatic carbocycles. The molecule has 0 aromatic rings. The Balaban J connectivity index is 2.51. The van der Waals surface area contributed by atoms with E-state index in [2.05, 4.69) is 18.7 Å². The Morgan fingerprint density at radius 2 is 1.80 bits per heavy atom. The van der Waals surface area contributed by atoms with Crippen LogP contribution in [0.5, 0.6) is 0 Å². The van der Waals surface area contributed by atoms with Crippen molar-refractivity contribution in [2.45, 2.75) is 70.7 Å². The van der Waals surface area contributed by atoms with Gasteiger partial charge in [0.1, 0.15) is 0 Å². The molecule has 2 atom stereocenters. The van der Waals surface area contributed by atoms with Crippen LogP contribution in [0.25, 0.3) is 0 Å². The maximum atomic E-state index is 9.64. The average Bonchev–Trinajstić information content (AvgIpc) is 2.21. The van der Waals surface area contributed by atoms with Crippen molar-refractivity contribution >= 4 is 0 Å². The third-order valence-electron chi connectivity index (χ3n) is 3.80. The van der Waals surface area contributed by atoms with Crippen LogP contribution >= 0.6 is 0 Å². The van der Waals surface area contributed by atoms with E-state index < -0.39 is 0 Å². The second-order valence-electron chi connectivity index (χ2n) is 4.88. The van der Waals surface area contributed by atoms with Crippen LogP contribution in [0.3, 0.4) is 0 Å². The van der Waals surface area contributed by atoms with Gasteiger partial charge >= 0.3 is 0 Å². The lowest BCUT2D eigenvalue weighted by Crippen LogP contribution is -2.48. The summed E-state index contributed by atoms with van der Waals surface area (Å²) in [7, 11) is 0. The first-order valence-electron chi connectivity index (χ1n) is 6.25. The molecule has 3 nitrogen and oxygen atoms in total. The third-order valence-corrected chi connectivity index (χ3v) is 3.80. The molecular formula is C12H26N2O. The lowest BCUT2D eigenvalue weighted by molar-refractivity contribution is 0.0331. The summed E-state index contributed by atoms with van der Waals surface area (Å²) in [5.41, 5.74) is 5.91. The van der Waals surface area contributed by atoms with Crippen LogP contribution in [0.1, 0.15) is 46.5 Å². The number of hydrogen-bond donors (Lipinski definition) is 2. The van der Waals surface area contributed by atoms with Crippen LogP contribution in [0.4, 0.5) is 0 Å². The topological polar surface area (TPSA) is 49.5 Å². The standard InChI is InChI=1S/C12H26N2O/c1-4-14(9(2)10(3)15)12-7-5-11(13)6-8-12/h9-12,15H,4-8,13H2,1-3H3. The molecule has 15 heavy (non-hydrogen) atoms. The Hall–Kier alpha value is -0.120. The Kier molecular flexibility index (Phi) is 5.03. The van der Waals surface area contributed by atoms with Crippen molar-refractivity contribution in [1.29, 1.82) is 0 Å². The third kappa shape index (κ3) is 3.44. The first-order chi connectivity index (χ1) is 7.06. The van der Waals surface area contributed by atoms with Crippen molar-refractivity contribution in [3.63, 3.8) is 0 Å². The minimum atomic E-state index is -0.249. The van der Waals surface area contributed by atoms with Gasteiger partial charge in [-0.1, -0.05) is 6.92 Å². The summed E-state index contributed by atoms with van der Waals surface area (Å²) in [6.45, 7) is 7.18. The lowest BCUT2D eigenvalue weighted by atomic mass is 9.89. The van der Waals surface area contributed by atoms with Crippen molar-refractivity contribution in [2.75, 3.05) is 6.54 Å². The zero-order chi connectivity index (χ0) is 11.4. The number of nitrogens with two attached hydrogens (primary N) is 1. The fourth-order valence-corrected chi connectivity index (χ4v) is 2.59. The maximum Gasteiger partial charge on any atom is 0.0664 e. The van der Waals surface area contributed by atoms with Gasteiger partial charge in [0.15, 0.2) is 0 Å². The summed E-state index contributed by atoms with van der Waals surface area (Å²) in [5.74, 6) is 0. The number of aliphatic hydroxyl groups excluding tert-OH is 1. The van der Waals surface area contributed by atoms with E-state index in [9.17, 15) is 5.11 Å². The first-order valence-corrected chi connectivity index (χ1v) is 6.25. The Bertz CT molecular complexity index is 176. The van der Waals surface area contributed by atoms with Gasteiger partial charge in [-0.05, 0) is 46.1 Å². The van der Waals surface area contributed by atoms with E-state index in [1.807, 2.05) is 6.92 Å². The molecule has 1 fully saturated rings. The van der Waals surface area contributed by atoms with Gasteiger partial charge in [-0.3, -0.25) is 4.90 Å². The highest BCUT2D eigenvalue weighted by Gasteiger charge is 2.27. The van der Waals surface area contributed by atoms with Gasteiger partial charge in [-0.2, -0.15) is 0 Å². The minimum Gasteiger partial charge on any atom is -0.392 e. The van der Waals surface area contributed by atoms with Crippen LogP contribution in [-0.4, -0.2) is 40.8 Å². The summed E-state index contributed by atoms with van der Waals surface area (Å²) in [4.78, 5) is 2.43. The number of likely N-dealkylation sites (N-methyl/N-ethyl adjacent to an activating group) is 1. The SMILES string of the molecule is CCN(C1CCC(N)CC1)C(C)C(C)O. The minimum absolute atomic E-state index is 0.249. The molecule has 1 aliphatic rings. The fourth-order valence-electron chi connectivity index (χ4n) is 2.59. The molecule has 1 rings (SSSR count). The highest BCUT2D eigenvalue weighted by molar-refractivity contribution is 4.84. The molecule has 90 valence electrons. The number of aliphatic hydroxyl groups is 1. The van der Waals surface area contributed by atoms with Gasteiger partial charge < -0.3 is 10.8 Å². The average molecular weight is 214 g/mol.